The predicted molar refractivity (Wildman–Crippen MR) is 64.0 cm³/mol. The quantitative estimate of drug-likeness (QED) is 0.587. The van der Waals surface area contributed by atoms with Crippen molar-refractivity contribution in [3.05, 3.63) is 24.3 Å². The molecule has 84 valence electrons. The second-order valence-electron chi connectivity index (χ2n) is 2.93. The Labute approximate surface area is 94.7 Å². The summed E-state index contributed by atoms with van der Waals surface area (Å²) < 4.78 is 22.2. The lowest BCUT2D eigenvalue weighted by molar-refractivity contribution is 0.283. The summed E-state index contributed by atoms with van der Waals surface area (Å²) in [6.07, 6.45) is 1.95. The molecule has 0 aliphatic heterocycles. The first kappa shape index (κ1) is 12.6. The molecule has 0 radical (unpaired) electrons. The highest BCUT2D eigenvalue weighted by Gasteiger charge is 2.18. The highest BCUT2D eigenvalue weighted by molar-refractivity contribution is 7.98. The number of thioether (sulfide) groups is 1. The molecule has 1 aromatic carbocycles. The number of hydrogen-bond donors (Lipinski definition) is 0. The summed E-state index contributed by atoms with van der Waals surface area (Å²) in [6, 6.07) is 7.48. The molecular formula is C10H15O3PS. The molecule has 5 heteroatoms. The Balaban J connectivity index is 2.84. The summed E-state index contributed by atoms with van der Waals surface area (Å²) in [7, 11) is -2.97. The van der Waals surface area contributed by atoms with Crippen LogP contribution in [0.2, 0.25) is 0 Å². The van der Waals surface area contributed by atoms with Crippen molar-refractivity contribution in [1.82, 2.24) is 0 Å². The summed E-state index contributed by atoms with van der Waals surface area (Å²) in [5.74, 6) is 0.615. The SMILES string of the molecule is CCOP(C)(=O)Oc1ccccc1SC. The van der Waals surface area contributed by atoms with E-state index in [1.807, 2.05) is 24.5 Å². The van der Waals surface area contributed by atoms with Crippen LogP contribution in [0.25, 0.3) is 0 Å². The third kappa shape index (κ3) is 3.90. The summed E-state index contributed by atoms with van der Waals surface area (Å²) in [6.45, 7) is 3.66. The van der Waals surface area contributed by atoms with Crippen molar-refractivity contribution in [2.45, 2.75) is 11.8 Å². The fourth-order valence-electron chi connectivity index (χ4n) is 1.13. The van der Waals surface area contributed by atoms with E-state index >= 15 is 0 Å². The second-order valence-corrected chi connectivity index (χ2v) is 5.76. The van der Waals surface area contributed by atoms with Crippen LogP contribution in [0.3, 0.4) is 0 Å². The van der Waals surface area contributed by atoms with Crippen molar-refractivity contribution in [2.24, 2.45) is 0 Å². The first-order valence-corrected chi connectivity index (χ1v) is 7.85. The lowest BCUT2D eigenvalue weighted by Crippen LogP contribution is -1.96. The zero-order valence-corrected chi connectivity index (χ0v) is 10.8. The third-order valence-electron chi connectivity index (χ3n) is 1.70. The molecule has 0 aliphatic carbocycles. The van der Waals surface area contributed by atoms with E-state index in [4.69, 9.17) is 9.05 Å². The fourth-order valence-corrected chi connectivity index (χ4v) is 2.76. The highest BCUT2D eigenvalue weighted by Crippen LogP contribution is 2.46. The van der Waals surface area contributed by atoms with Crippen LogP contribution in [0.5, 0.6) is 5.75 Å². The van der Waals surface area contributed by atoms with E-state index in [-0.39, 0.29) is 0 Å². The van der Waals surface area contributed by atoms with E-state index < -0.39 is 7.60 Å². The topological polar surface area (TPSA) is 35.5 Å². The van der Waals surface area contributed by atoms with Crippen molar-refractivity contribution in [3.8, 4) is 5.75 Å². The van der Waals surface area contributed by atoms with Crippen LogP contribution in [0.15, 0.2) is 29.2 Å². The van der Waals surface area contributed by atoms with Crippen LogP contribution in [0.1, 0.15) is 6.92 Å². The Kier molecular flexibility index (Phi) is 4.71. The van der Waals surface area contributed by atoms with E-state index in [9.17, 15) is 4.57 Å². The molecule has 1 rings (SSSR count). The second kappa shape index (κ2) is 5.59. The molecule has 15 heavy (non-hydrogen) atoms. The van der Waals surface area contributed by atoms with E-state index in [2.05, 4.69) is 0 Å². The largest absolute Gasteiger partial charge is 0.423 e. The maximum Gasteiger partial charge on any atom is 0.376 e. The van der Waals surface area contributed by atoms with Gasteiger partial charge in [0, 0.05) is 11.6 Å². The molecule has 0 spiro atoms. The molecule has 0 N–H and O–H groups in total. The van der Waals surface area contributed by atoms with Gasteiger partial charge in [-0.3, -0.25) is 0 Å². The van der Waals surface area contributed by atoms with Crippen LogP contribution in [-0.4, -0.2) is 19.5 Å². The molecule has 1 aromatic rings. The summed E-state index contributed by atoms with van der Waals surface area (Å²) in [5, 5.41) is 0. The molecule has 0 fully saturated rings. The van der Waals surface area contributed by atoms with Gasteiger partial charge in [0.1, 0.15) is 5.75 Å². The van der Waals surface area contributed by atoms with Crippen LogP contribution in [0.4, 0.5) is 0 Å². The van der Waals surface area contributed by atoms with Crippen molar-refractivity contribution < 1.29 is 13.6 Å². The lowest BCUT2D eigenvalue weighted by atomic mass is 10.3. The molecule has 1 atom stereocenters. The van der Waals surface area contributed by atoms with Crippen LogP contribution < -0.4 is 4.52 Å². The molecule has 0 aliphatic rings. The van der Waals surface area contributed by atoms with Crippen molar-refractivity contribution >= 4 is 19.4 Å². The van der Waals surface area contributed by atoms with Gasteiger partial charge in [0.05, 0.1) is 6.61 Å². The number of benzene rings is 1. The van der Waals surface area contributed by atoms with E-state index in [1.165, 1.54) is 6.66 Å². The lowest BCUT2D eigenvalue weighted by Gasteiger charge is -2.15. The monoisotopic (exact) mass is 246 g/mol. The number of hydrogen-bond acceptors (Lipinski definition) is 4. The van der Waals surface area contributed by atoms with Gasteiger partial charge in [-0.25, -0.2) is 4.57 Å². The predicted octanol–water partition coefficient (Wildman–Crippen LogP) is 3.65. The first-order chi connectivity index (χ1) is 7.09. The average molecular weight is 246 g/mol. The maximum absolute atomic E-state index is 11.8. The Bertz CT molecular complexity index is 367. The van der Waals surface area contributed by atoms with Gasteiger partial charge < -0.3 is 9.05 Å². The van der Waals surface area contributed by atoms with Gasteiger partial charge in [-0.1, -0.05) is 12.1 Å². The van der Waals surface area contributed by atoms with Gasteiger partial charge in [-0.05, 0) is 25.3 Å². The minimum Gasteiger partial charge on any atom is -0.423 e. The van der Waals surface area contributed by atoms with Gasteiger partial charge in [0.2, 0.25) is 0 Å². The molecule has 0 amide bonds. The summed E-state index contributed by atoms with van der Waals surface area (Å²) in [4.78, 5) is 0.958. The van der Waals surface area contributed by atoms with Gasteiger partial charge in [-0.15, -0.1) is 11.8 Å². The first-order valence-electron chi connectivity index (χ1n) is 4.63. The fraction of sp³-hybridized carbons (Fsp3) is 0.400. The zero-order valence-electron chi connectivity index (χ0n) is 9.10. The maximum atomic E-state index is 11.8. The smallest absolute Gasteiger partial charge is 0.376 e. The Morgan fingerprint density at radius 1 is 1.40 bits per heavy atom. The van der Waals surface area contributed by atoms with Crippen LogP contribution >= 0.6 is 19.4 Å². The van der Waals surface area contributed by atoms with Gasteiger partial charge in [0.25, 0.3) is 0 Å². The van der Waals surface area contributed by atoms with Crippen molar-refractivity contribution in [2.75, 3.05) is 19.5 Å². The average Bonchev–Trinajstić information content (AvgIpc) is 2.17. The van der Waals surface area contributed by atoms with E-state index in [1.54, 1.807) is 24.8 Å². The normalized spacial score (nSPS) is 14.6. The van der Waals surface area contributed by atoms with E-state index in [0.29, 0.717) is 12.4 Å². The minimum absolute atomic E-state index is 0.384. The van der Waals surface area contributed by atoms with Gasteiger partial charge in [-0.2, -0.15) is 0 Å². The highest BCUT2D eigenvalue weighted by atomic mass is 32.2. The van der Waals surface area contributed by atoms with Crippen LogP contribution in [0, 0.1) is 0 Å². The minimum atomic E-state index is -2.97. The molecule has 0 bridgehead atoms. The Hall–Kier alpha value is -0.440. The molecule has 0 heterocycles. The molecular weight excluding hydrogens is 231 g/mol. The molecule has 0 saturated carbocycles. The van der Waals surface area contributed by atoms with Crippen molar-refractivity contribution in [1.29, 1.82) is 0 Å². The number of rotatable bonds is 5. The molecule has 0 saturated heterocycles. The third-order valence-corrected chi connectivity index (χ3v) is 3.73. The van der Waals surface area contributed by atoms with Gasteiger partial charge in [0.15, 0.2) is 0 Å². The molecule has 1 unspecified atom stereocenters. The Morgan fingerprint density at radius 2 is 2.07 bits per heavy atom. The van der Waals surface area contributed by atoms with Crippen molar-refractivity contribution in [3.63, 3.8) is 0 Å². The van der Waals surface area contributed by atoms with E-state index in [0.717, 1.165) is 4.90 Å². The number of para-hydroxylation sites is 1. The summed E-state index contributed by atoms with van der Waals surface area (Å²) in [5.41, 5.74) is 0. The molecule has 3 nitrogen and oxygen atoms in total. The standard InChI is InChI=1S/C10H15O3PS/c1-4-12-14(2,11)13-9-7-5-6-8-10(9)15-3/h5-8H,4H2,1-3H3. The summed E-state index contributed by atoms with van der Waals surface area (Å²) >= 11 is 1.55. The van der Waals surface area contributed by atoms with Gasteiger partial charge >= 0.3 is 7.60 Å². The molecule has 0 aromatic heterocycles. The Morgan fingerprint density at radius 3 is 2.67 bits per heavy atom. The van der Waals surface area contributed by atoms with Crippen LogP contribution in [-0.2, 0) is 9.09 Å². The zero-order chi connectivity index (χ0) is 11.3.